The van der Waals surface area contributed by atoms with Crippen LogP contribution in [0.2, 0.25) is 0 Å². The predicted molar refractivity (Wildman–Crippen MR) is 119 cm³/mol. The Balaban J connectivity index is 1.67. The van der Waals surface area contributed by atoms with E-state index in [2.05, 4.69) is 10.6 Å². The summed E-state index contributed by atoms with van der Waals surface area (Å²) in [7, 11) is 0. The van der Waals surface area contributed by atoms with Crippen LogP contribution in [0.25, 0.3) is 0 Å². The number of anilines is 1. The fourth-order valence-corrected chi connectivity index (χ4v) is 5.67. The molecule has 3 aliphatic rings. The summed E-state index contributed by atoms with van der Waals surface area (Å²) in [6.07, 6.45) is 2.02. The van der Waals surface area contributed by atoms with Crippen LogP contribution < -0.4 is 10.6 Å². The Morgan fingerprint density at radius 1 is 1.28 bits per heavy atom. The second kappa shape index (κ2) is 8.83. The fraction of sp³-hybridized carbons (Fsp3) is 0.625. The van der Waals surface area contributed by atoms with Crippen molar-refractivity contribution < 1.29 is 24.2 Å². The number of fused-ring (bicyclic) bond motifs is 1. The Morgan fingerprint density at radius 3 is 2.78 bits per heavy atom. The van der Waals surface area contributed by atoms with E-state index in [-0.39, 0.29) is 37.0 Å². The molecule has 3 N–H and O–H groups in total. The second-order valence-corrected chi connectivity index (χ2v) is 9.26. The molecule has 3 fully saturated rings. The Hall–Kier alpha value is -2.45. The molecule has 174 valence electrons. The maximum atomic E-state index is 13.6. The van der Waals surface area contributed by atoms with Crippen LogP contribution in [0.3, 0.4) is 0 Å². The van der Waals surface area contributed by atoms with Gasteiger partial charge in [-0.25, -0.2) is 0 Å². The molecule has 4 rings (SSSR count). The summed E-state index contributed by atoms with van der Waals surface area (Å²) in [6.45, 7) is 6.56. The second-order valence-electron chi connectivity index (χ2n) is 9.26. The highest BCUT2D eigenvalue weighted by atomic mass is 16.5. The first-order valence-corrected chi connectivity index (χ1v) is 11.6. The van der Waals surface area contributed by atoms with Gasteiger partial charge in [-0.2, -0.15) is 0 Å². The third-order valence-electron chi connectivity index (χ3n) is 7.11. The Kier molecular flexibility index (Phi) is 6.27. The highest BCUT2D eigenvalue weighted by molar-refractivity contribution is 6.03. The molecular weight excluding hydrogens is 410 g/mol. The van der Waals surface area contributed by atoms with Crippen molar-refractivity contribution in [3.05, 3.63) is 29.3 Å². The van der Waals surface area contributed by atoms with E-state index in [1.807, 2.05) is 39.0 Å². The lowest BCUT2D eigenvalue weighted by atomic mass is 9.70. The van der Waals surface area contributed by atoms with Crippen molar-refractivity contribution in [3.8, 4) is 0 Å². The number of nitrogens with one attached hydrogen (secondary N) is 2. The molecule has 3 amide bonds. The molecule has 2 unspecified atom stereocenters. The third-order valence-corrected chi connectivity index (χ3v) is 7.11. The molecule has 1 spiro atoms. The van der Waals surface area contributed by atoms with Gasteiger partial charge in [0.25, 0.3) is 0 Å². The number of carbonyl (C=O) groups excluding carboxylic acids is 3. The summed E-state index contributed by atoms with van der Waals surface area (Å²) in [5.74, 6) is -1.96. The number of carbonyl (C=O) groups is 3. The van der Waals surface area contributed by atoms with Gasteiger partial charge in [0.2, 0.25) is 17.7 Å². The minimum absolute atomic E-state index is 0.0866. The van der Waals surface area contributed by atoms with E-state index in [4.69, 9.17) is 4.74 Å². The molecule has 0 aromatic heterocycles. The van der Waals surface area contributed by atoms with Crippen molar-refractivity contribution in [1.29, 1.82) is 0 Å². The summed E-state index contributed by atoms with van der Waals surface area (Å²) in [5.41, 5.74) is 1.65. The molecule has 8 nitrogen and oxygen atoms in total. The first-order valence-electron chi connectivity index (χ1n) is 11.6. The molecule has 0 aliphatic carbocycles. The molecule has 8 heteroatoms. The molecule has 3 aliphatic heterocycles. The molecule has 5 atom stereocenters. The minimum atomic E-state index is -1.01. The summed E-state index contributed by atoms with van der Waals surface area (Å²) >= 11 is 0. The standard InChI is InChI=1S/C24H33N3O5/c1-4-10-25-21(29)18-17-8-9-24(32-17)19(18)23(31)27(11-5-12-28)20(24)22(30)26-16-13-14(2)6-7-15(16)3/h6-7,13,17-20,28H,4-5,8-12H2,1-3H3,(H,25,29)(H,26,30)/t17-,18+,19-,20?,24?/m0/s1. The van der Waals surface area contributed by atoms with Crippen LogP contribution in [0.4, 0.5) is 5.69 Å². The van der Waals surface area contributed by atoms with Gasteiger partial charge in [-0.1, -0.05) is 19.1 Å². The number of amides is 3. The number of hydrogen-bond acceptors (Lipinski definition) is 5. The highest BCUT2D eigenvalue weighted by Crippen LogP contribution is 2.58. The Morgan fingerprint density at radius 2 is 2.06 bits per heavy atom. The number of aliphatic hydroxyl groups excluding tert-OH is 1. The van der Waals surface area contributed by atoms with Crippen LogP contribution in [0.1, 0.15) is 43.7 Å². The van der Waals surface area contributed by atoms with E-state index in [1.165, 1.54) is 4.90 Å². The maximum absolute atomic E-state index is 13.6. The monoisotopic (exact) mass is 443 g/mol. The molecule has 3 heterocycles. The zero-order chi connectivity index (χ0) is 23.0. The number of nitrogens with zero attached hydrogens (tertiary/aromatic N) is 1. The van der Waals surface area contributed by atoms with E-state index < -0.39 is 23.5 Å². The zero-order valence-corrected chi connectivity index (χ0v) is 19.0. The lowest BCUT2D eigenvalue weighted by Crippen LogP contribution is -2.53. The maximum Gasteiger partial charge on any atom is 0.250 e. The van der Waals surface area contributed by atoms with E-state index >= 15 is 0 Å². The number of aryl methyl sites for hydroxylation is 2. The van der Waals surface area contributed by atoms with Crippen molar-refractivity contribution in [2.45, 2.75) is 64.2 Å². The number of benzene rings is 1. The Bertz CT molecular complexity index is 919. The van der Waals surface area contributed by atoms with E-state index in [9.17, 15) is 19.5 Å². The van der Waals surface area contributed by atoms with Gasteiger partial charge in [-0.3, -0.25) is 14.4 Å². The van der Waals surface area contributed by atoms with Gasteiger partial charge in [0, 0.05) is 25.4 Å². The lowest BCUT2D eigenvalue weighted by Gasteiger charge is -2.33. The van der Waals surface area contributed by atoms with Gasteiger partial charge in [0.15, 0.2) is 0 Å². The Labute approximate surface area is 188 Å². The summed E-state index contributed by atoms with van der Waals surface area (Å²) in [4.78, 5) is 41.7. The van der Waals surface area contributed by atoms with Crippen LogP contribution in [-0.4, -0.2) is 65.2 Å². The first kappa shape index (κ1) is 22.7. The van der Waals surface area contributed by atoms with E-state index in [0.29, 0.717) is 31.5 Å². The molecule has 3 saturated heterocycles. The number of ether oxygens (including phenoxy) is 1. The van der Waals surface area contributed by atoms with Crippen molar-refractivity contribution in [1.82, 2.24) is 10.2 Å². The molecular formula is C24H33N3O5. The van der Waals surface area contributed by atoms with Crippen molar-refractivity contribution in [2.75, 3.05) is 25.0 Å². The van der Waals surface area contributed by atoms with Crippen LogP contribution in [0.5, 0.6) is 0 Å². The zero-order valence-electron chi connectivity index (χ0n) is 19.0. The van der Waals surface area contributed by atoms with E-state index in [0.717, 1.165) is 17.5 Å². The highest BCUT2D eigenvalue weighted by Gasteiger charge is 2.74. The minimum Gasteiger partial charge on any atom is -0.396 e. The predicted octanol–water partition coefficient (Wildman–Crippen LogP) is 1.53. The summed E-state index contributed by atoms with van der Waals surface area (Å²) in [6, 6.07) is 5.00. The molecule has 0 radical (unpaired) electrons. The first-order chi connectivity index (χ1) is 15.3. The largest absolute Gasteiger partial charge is 0.396 e. The quantitative estimate of drug-likeness (QED) is 0.565. The van der Waals surface area contributed by atoms with Crippen LogP contribution >= 0.6 is 0 Å². The number of aliphatic hydroxyl groups is 1. The average molecular weight is 444 g/mol. The molecule has 1 aromatic carbocycles. The van der Waals surface area contributed by atoms with Crippen molar-refractivity contribution >= 4 is 23.4 Å². The van der Waals surface area contributed by atoms with Crippen LogP contribution in [0, 0.1) is 25.7 Å². The van der Waals surface area contributed by atoms with Gasteiger partial charge in [-0.05, 0) is 56.7 Å². The summed E-state index contributed by atoms with van der Waals surface area (Å²) in [5, 5.41) is 15.3. The number of likely N-dealkylation sites (tertiary alicyclic amines) is 1. The van der Waals surface area contributed by atoms with Gasteiger partial charge in [-0.15, -0.1) is 0 Å². The third kappa shape index (κ3) is 3.59. The van der Waals surface area contributed by atoms with Crippen LogP contribution in [0.15, 0.2) is 18.2 Å². The molecule has 32 heavy (non-hydrogen) atoms. The van der Waals surface area contributed by atoms with Crippen molar-refractivity contribution in [2.24, 2.45) is 11.8 Å². The van der Waals surface area contributed by atoms with Gasteiger partial charge in [0.05, 0.1) is 17.9 Å². The normalized spacial score (nSPS) is 30.5. The van der Waals surface area contributed by atoms with E-state index in [1.54, 1.807) is 0 Å². The smallest absolute Gasteiger partial charge is 0.250 e. The average Bonchev–Trinajstić information content (AvgIpc) is 3.40. The molecule has 0 saturated carbocycles. The van der Waals surface area contributed by atoms with Crippen LogP contribution in [-0.2, 0) is 19.1 Å². The van der Waals surface area contributed by atoms with Crippen molar-refractivity contribution in [3.63, 3.8) is 0 Å². The fourth-order valence-electron chi connectivity index (χ4n) is 5.67. The molecule has 1 aromatic rings. The number of hydrogen-bond donors (Lipinski definition) is 3. The van der Waals surface area contributed by atoms with Gasteiger partial charge < -0.3 is 25.4 Å². The lowest BCUT2D eigenvalue weighted by molar-refractivity contribution is -0.141. The van der Waals surface area contributed by atoms with Gasteiger partial charge >= 0.3 is 0 Å². The SMILES string of the molecule is CCCNC(=O)[C@@H]1[C@@H]2CCC3(O2)C(C(=O)Nc2cc(C)ccc2C)N(CCCO)C(=O)[C@H]13. The summed E-state index contributed by atoms with van der Waals surface area (Å²) < 4.78 is 6.36. The topological polar surface area (TPSA) is 108 Å². The number of rotatable bonds is 8. The molecule has 2 bridgehead atoms. The van der Waals surface area contributed by atoms with Gasteiger partial charge in [0.1, 0.15) is 11.6 Å².